The number of ether oxygens (including phenoxy) is 1. The molecule has 1 aliphatic heterocycles. The van der Waals surface area contributed by atoms with Crippen molar-refractivity contribution in [2.24, 2.45) is 0 Å². The van der Waals surface area contributed by atoms with E-state index in [2.05, 4.69) is 0 Å². The van der Waals surface area contributed by atoms with Crippen molar-refractivity contribution in [3.8, 4) is 34.5 Å². The Balaban J connectivity index is 1.70. The zero-order valence-electron chi connectivity index (χ0n) is 18.3. The van der Waals surface area contributed by atoms with E-state index in [1.807, 2.05) is 0 Å². The van der Waals surface area contributed by atoms with E-state index in [-0.39, 0.29) is 34.5 Å². The molecule has 0 unspecified atom stereocenters. The zero-order valence-corrected chi connectivity index (χ0v) is 18.3. The maximum atomic E-state index is 11.1. The van der Waals surface area contributed by atoms with Crippen LogP contribution in [0.2, 0.25) is 0 Å². The van der Waals surface area contributed by atoms with Crippen LogP contribution >= 0.6 is 0 Å². The number of fused-ring (bicyclic) bond motifs is 2. The van der Waals surface area contributed by atoms with Crippen molar-refractivity contribution < 1.29 is 35.4 Å². The summed E-state index contributed by atoms with van der Waals surface area (Å²) in [5.74, 6) is -1.56. The molecule has 2 aliphatic rings. The van der Waals surface area contributed by atoms with Crippen LogP contribution in [-0.4, -0.2) is 30.6 Å². The van der Waals surface area contributed by atoms with Crippen LogP contribution < -0.4 is 0 Å². The third-order valence-corrected chi connectivity index (χ3v) is 6.99. The molecule has 4 aromatic carbocycles. The lowest BCUT2D eigenvalue weighted by molar-refractivity contribution is -0.0396. The summed E-state index contributed by atoms with van der Waals surface area (Å²) in [4.78, 5) is 0. The van der Waals surface area contributed by atoms with Gasteiger partial charge in [0.25, 0.3) is 0 Å². The van der Waals surface area contributed by atoms with Crippen LogP contribution in [0.5, 0.6) is 34.5 Å². The van der Waals surface area contributed by atoms with E-state index >= 15 is 0 Å². The number of hydrogen-bond acceptors (Lipinski definition) is 7. The SMILES string of the molecule is Oc1ccc([C@@H]2c3c(O)cc(O)cc3[C@@H]3c4c(O)cc(O)cc4[C@H]2O[C@@H]3c2ccc(O)cc2)cc1. The molecule has 0 saturated heterocycles. The van der Waals surface area contributed by atoms with Gasteiger partial charge in [-0.15, -0.1) is 0 Å². The summed E-state index contributed by atoms with van der Waals surface area (Å²) in [5.41, 5.74) is 3.66. The molecule has 176 valence electrons. The van der Waals surface area contributed by atoms with Crippen LogP contribution in [0.1, 0.15) is 57.4 Å². The summed E-state index contributed by atoms with van der Waals surface area (Å²) in [6.45, 7) is 0. The van der Waals surface area contributed by atoms with Gasteiger partial charge in [0.05, 0.1) is 12.2 Å². The van der Waals surface area contributed by atoms with Crippen molar-refractivity contribution >= 4 is 0 Å². The van der Waals surface area contributed by atoms with Crippen LogP contribution in [0.3, 0.4) is 0 Å². The Morgan fingerprint density at radius 2 is 0.943 bits per heavy atom. The monoisotopic (exact) mass is 470 g/mol. The summed E-state index contributed by atoms with van der Waals surface area (Å²) in [5, 5.41) is 62.6. The van der Waals surface area contributed by atoms with Crippen LogP contribution in [0.4, 0.5) is 0 Å². The molecule has 7 heteroatoms. The van der Waals surface area contributed by atoms with Gasteiger partial charge in [-0.3, -0.25) is 0 Å². The van der Waals surface area contributed by atoms with E-state index in [0.717, 1.165) is 11.1 Å². The summed E-state index contributed by atoms with van der Waals surface area (Å²) in [6.07, 6.45) is -1.37. The number of rotatable bonds is 2. The second-order valence-corrected chi connectivity index (χ2v) is 9.05. The molecule has 4 aromatic rings. The highest BCUT2D eigenvalue weighted by Crippen LogP contribution is 2.62. The Morgan fingerprint density at radius 3 is 1.51 bits per heavy atom. The summed E-state index contributed by atoms with van der Waals surface area (Å²) in [7, 11) is 0. The van der Waals surface area contributed by atoms with Crippen LogP contribution in [-0.2, 0) is 4.74 Å². The van der Waals surface area contributed by atoms with Crippen LogP contribution in [0, 0.1) is 0 Å². The first-order valence-electron chi connectivity index (χ1n) is 11.2. The molecule has 35 heavy (non-hydrogen) atoms. The quantitative estimate of drug-likeness (QED) is 0.243. The number of hydrogen-bond donors (Lipinski definition) is 6. The fourth-order valence-electron chi connectivity index (χ4n) is 5.61. The zero-order chi connectivity index (χ0) is 24.4. The van der Waals surface area contributed by atoms with Gasteiger partial charge in [-0.25, -0.2) is 0 Å². The normalized spacial score (nSPS) is 22.3. The molecule has 4 atom stereocenters. The molecule has 6 rings (SSSR count). The fourth-order valence-corrected chi connectivity index (χ4v) is 5.61. The maximum Gasteiger partial charge on any atom is 0.123 e. The smallest absolute Gasteiger partial charge is 0.123 e. The molecule has 7 nitrogen and oxygen atoms in total. The lowest BCUT2D eigenvalue weighted by Gasteiger charge is -2.38. The van der Waals surface area contributed by atoms with E-state index in [4.69, 9.17) is 4.74 Å². The molecule has 2 bridgehead atoms. The first-order valence-corrected chi connectivity index (χ1v) is 11.2. The minimum Gasteiger partial charge on any atom is -0.508 e. The van der Waals surface area contributed by atoms with Crippen LogP contribution in [0.15, 0.2) is 72.8 Å². The standard InChI is InChI=1S/C28H22O7/c29-15-5-1-13(2-6-15)23-24-19(9-17(31)11-21(24)33)26-25-20(10-18(32)12-22(25)34)28(23)35-27(26)14-3-7-16(30)8-4-14/h1-12,23,26-34H/t23-,26-,27-,28-/m1/s1. The molecule has 6 N–H and O–H groups in total. The molecular weight excluding hydrogens is 448 g/mol. The molecule has 0 aromatic heterocycles. The molecule has 0 radical (unpaired) electrons. The van der Waals surface area contributed by atoms with Gasteiger partial charge in [-0.2, -0.15) is 0 Å². The molecule has 1 heterocycles. The molecule has 0 amide bonds. The maximum absolute atomic E-state index is 11.1. The van der Waals surface area contributed by atoms with E-state index in [1.54, 1.807) is 60.7 Å². The predicted molar refractivity (Wildman–Crippen MR) is 126 cm³/mol. The van der Waals surface area contributed by atoms with Gasteiger partial charge in [0.1, 0.15) is 34.5 Å². The minimum absolute atomic E-state index is 0.0837. The van der Waals surface area contributed by atoms with Gasteiger partial charge in [-0.05, 0) is 58.7 Å². The molecule has 1 aliphatic carbocycles. The van der Waals surface area contributed by atoms with Crippen molar-refractivity contribution in [1.82, 2.24) is 0 Å². The number of phenolic OH excluding ortho intramolecular Hbond substituents is 6. The van der Waals surface area contributed by atoms with Gasteiger partial charge in [-0.1, -0.05) is 24.3 Å². The largest absolute Gasteiger partial charge is 0.508 e. The number of aromatic hydroxyl groups is 6. The topological polar surface area (TPSA) is 131 Å². The highest BCUT2D eigenvalue weighted by Gasteiger charge is 2.49. The third kappa shape index (κ3) is 3.24. The second-order valence-electron chi connectivity index (χ2n) is 9.05. The Morgan fingerprint density at radius 1 is 0.457 bits per heavy atom. The van der Waals surface area contributed by atoms with Crippen molar-refractivity contribution in [3.63, 3.8) is 0 Å². The Kier molecular flexibility index (Phi) is 4.59. The molecule has 0 saturated carbocycles. The molecular formula is C28H22O7. The summed E-state index contributed by atoms with van der Waals surface area (Å²) in [6, 6.07) is 18.8. The summed E-state index contributed by atoms with van der Waals surface area (Å²) < 4.78 is 6.69. The third-order valence-electron chi connectivity index (χ3n) is 6.99. The molecule has 0 spiro atoms. The lowest BCUT2D eigenvalue weighted by atomic mass is 9.79. The van der Waals surface area contributed by atoms with E-state index in [0.29, 0.717) is 22.3 Å². The van der Waals surface area contributed by atoms with Gasteiger partial charge in [0.2, 0.25) is 0 Å². The first kappa shape index (κ1) is 21.2. The van der Waals surface area contributed by atoms with Gasteiger partial charge in [0, 0.05) is 35.1 Å². The fraction of sp³-hybridized carbons (Fsp3) is 0.143. The Labute approximate surface area is 200 Å². The van der Waals surface area contributed by atoms with E-state index in [1.165, 1.54) is 12.1 Å². The number of benzene rings is 4. The van der Waals surface area contributed by atoms with Gasteiger partial charge in [0.15, 0.2) is 0 Å². The lowest BCUT2D eigenvalue weighted by Crippen LogP contribution is -2.25. The summed E-state index contributed by atoms with van der Waals surface area (Å²) >= 11 is 0. The Bertz CT molecular complexity index is 1440. The Hall–Kier alpha value is -4.36. The second kappa shape index (κ2) is 7.58. The predicted octanol–water partition coefficient (Wildman–Crippen LogP) is 5.01. The number of phenols is 6. The van der Waals surface area contributed by atoms with E-state index < -0.39 is 24.0 Å². The highest BCUT2D eigenvalue weighted by atomic mass is 16.5. The van der Waals surface area contributed by atoms with Crippen molar-refractivity contribution in [2.45, 2.75) is 24.0 Å². The first-order chi connectivity index (χ1) is 16.8. The van der Waals surface area contributed by atoms with Crippen molar-refractivity contribution in [2.75, 3.05) is 0 Å². The van der Waals surface area contributed by atoms with Crippen molar-refractivity contribution in [3.05, 3.63) is 106 Å². The minimum atomic E-state index is -0.737. The van der Waals surface area contributed by atoms with E-state index in [9.17, 15) is 30.6 Å². The van der Waals surface area contributed by atoms with Gasteiger partial charge >= 0.3 is 0 Å². The van der Waals surface area contributed by atoms with Gasteiger partial charge < -0.3 is 35.4 Å². The van der Waals surface area contributed by atoms with Crippen molar-refractivity contribution in [1.29, 1.82) is 0 Å². The van der Waals surface area contributed by atoms with Crippen LogP contribution in [0.25, 0.3) is 0 Å². The average molecular weight is 470 g/mol. The highest BCUT2D eigenvalue weighted by molar-refractivity contribution is 5.64. The average Bonchev–Trinajstić information content (AvgIpc) is 3.02. The molecule has 0 fully saturated rings.